The molecule has 170 valence electrons. The van der Waals surface area contributed by atoms with E-state index in [4.69, 9.17) is 9.79 Å². The summed E-state index contributed by atoms with van der Waals surface area (Å²) in [5, 5.41) is 0. The quantitative estimate of drug-likeness (QED) is 0.371. The number of methoxy groups -OCH3 is 1. The minimum absolute atomic E-state index is 0.00806. The summed E-state index contributed by atoms with van der Waals surface area (Å²) in [6.45, 7) is 0.00806. The summed E-state index contributed by atoms with van der Waals surface area (Å²) >= 11 is 2.94. The molecule has 0 radical (unpaired) electrons. The number of ether oxygens (including phenoxy) is 1. The van der Waals surface area contributed by atoms with E-state index >= 15 is 0 Å². The highest BCUT2D eigenvalue weighted by molar-refractivity contribution is 9.10. The van der Waals surface area contributed by atoms with Crippen molar-refractivity contribution in [2.45, 2.75) is 12.2 Å². The summed E-state index contributed by atoms with van der Waals surface area (Å²) < 4.78 is 46.5. The molecule has 8 nitrogen and oxygen atoms in total. The maximum atomic E-state index is 14.1. The number of nitrogens with zero attached hydrogens (tertiary/aromatic N) is 2. The Morgan fingerprint density at radius 3 is 2.34 bits per heavy atom. The summed E-state index contributed by atoms with van der Waals surface area (Å²) in [7, 11) is -2.89. The number of carbonyl (C=O) groups excluding carboxylic acids is 1. The Balaban J connectivity index is 1.99. The molecule has 0 aliphatic heterocycles. The Morgan fingerprint density at radius 1 is 1.19 bits per heavy atom. The van der Waals surface area contributed by atoms with Crippen LogP contribution in [-0.2, 0) is 28.6 Å². The molecule has 0 unspecified atom stereocenters. The first-order valence-corrected chi connectivity index (χ1v) is 11.4. The van der Waals surface area contributed by atoms with Crippen LogP contribution in [0, 0.1) is 0 Å². The first-order chi connectivity index (χ1) is 14.9. The van der Waals surface area contributed by atoms with Crippen molar-refractivity contribution in [1.82, 2.24) is 9.13 Å². The van der Waals surface area contributed by atoms with Crippen LogP contribution >= 0.6 is 23.5 Å². The Hall–Kier alpha value is -2.59. The van der Waals surface area contributed by atoms with E-state index < -0.39 is 24.8 Å². The number of alkyl halides is 2. The molecule has 0 saturated carbocycles. The first kappa shape index (κ1) is 24.1. The number of rotatable bonds is 6. The van der Waals surface area contributed by atoms with Crippen LogP contribution in [0.1, 0.15) is 21.5 Å². The van der Waals surface area contributed by atoms with Crippen LogP contribution in [0.4, 0.5) is 8.78 Å². The van der Waals surface area contributed by atoms with Gasteiger partial charge in [-0.25, -0.2) is 9.59 Å². The second-order valence-electron chi connectivity index (χ2n) is 6.96. The van der Waals surface area contributed by atoms with E-state index in [0.717, 1.165) is 6.07 Å². The van der Waals surface area contributed by atoms with Gasteiger partial charge in [-0.15, -0.1) is 0 Å². The van der Waals surface area contributed by atoms with Crippen LogP contribution < -0.4 is 5.69 Å². The van der Waals surface area contributed by atoms with Gasteiger partial charge in [0.1, 0.15) is 0 Å². The minimum atomic E-state index is -5.72. The maximum Gasteiger partial charge on any atom is 0.399 e. The molecule has 3 rings (SSSR count). The average Bonchev–Trinajstić information content (AvgIpc) is 3.00. The molecule has 0 aliphatic carbocycles. The van der Waals surface area contributed by atoms with Gasteiger partial charge >= 0.3 is 24.9 Å². The highest BCUT2D eigenvalue weighted by atomic mass is 79.9. The van der Waals surface area contributed by atoms with Gasteiger partial charge < -0.3 is 19.1 Å². The predicted molar refractivity (Wildman–Crippen MR) is 116 cm³/mol. The lowest BCUT2D eigenvalue weighted by atomic mass is 10.1. The molecule has 0 saturated heterocycles. The summed E-state index contributed by atoms with van der Waals surface area (Å²) in [6, 6.07) is 9.87. The van der Waals surface area contributed by atoms with Crippen molar-refractivity contribution >= 4 is 29.5 Å². The van der Waals surface area contributed by atoms with E-state index in [1.807, 2.05) is 0 Å². The van der Waals surface area contributed by atoms with Crippen LogP contribution in [0.15, 0.2) is 57.9 Å². The topological polar surface area (TPSA) is 111 Å². The molecule has 12 heteroatoms. The van der Waals surface area contributed by atoms with Crippen LogP contribution in [0.5, 0.6) is 0 Å². The largest absolute Gasteiger partial charge is 0.465 e. The molecule has 2 aromatic carbocycles. The standard InChI is InChI=1S/C20H18BrF2N2O6P/c1-24-11-17(13-4-6-14(7-5-13)18(26)31-2)25(19(24)27)10-12-3-8-15(16(21)9-12)20(22,23)32(28,29)30/h3-9,11H,10H2,1-2H3,(H2,28,29,30). The fourth-order valence-corrected chi connectivity index (χ4v) is 4.46. The summed E-state index contributed by atoms with van der Waals surface area (Å²) in [5.74, 6) is -0.501. The molecule has 0 fully saturated rings. The van der Waals surface area contributed by atoms with E-state index in [1.54, 1.807) is 37.5 Å². The number of aromatic nitrogens is 2. The number of benzene rings is 2. The van der Waals surface area contributed by atoms with Crippen molar-refractivity contribution in [1.29, 1.82) is 0 Å². The lowest BCUT2D eigenvalue weighted by molar-refractivity contribution is 0.0557. The van der Waals surface area contributed by atoms with Crippen LogP contribution in [0.3, 0.4) is 0 Å². The molecule has 0 atom stereocenters. The SMILES string of the molecule is COC(=O)c1ccc(-c2cn(C)c(=O)n2Cc2ccc(C(F)(F)P(=O)(O)O)c(Br)c2)cc1. The molecule has 3 aromatic rings. The number of imidazole rings is 1. The fourth-order valence-electron chi connectivity index (χ4n) is 3.12. The molecular formula is C20H18BrF2N2O6P. The molecule has 32 heavy (non-hydrogen) atoms. The van der Waals surface area contributed by atoms with Crippen molar-refractivity contribution in [2.75, 3.05) is 7.11 Å². The highest BCUT2D eigenvalue weighted by Crippen LogP contribution is 2.60. The van der Waals surface area contributed by atoms with Crippen molar-refractivity contribution in [3.63, 3.8) is 0 Å². The normalized spacial score (nSPS) is 12.1. The molecule has 0 spiro atoms. The third kappa shape index (κ3) is 4.47. The highest BCUT2D eigenvalue weighted by Gasteiger charge is 2.51. The van der Waals surface area contributed by atoms with E-state index in [9.17, 15) is 22.9 Å². The van der Waals surface area contributed by atoms with Crippen molar-refractivity contribution in [3.05, 3.63) is 80.3 Å². The minimum Gasteiger partial charge on any atom is -0.465 e. The van der Waals surface area contributed by atoms with Gasteiger partial charge in [-0.3, -0.25) is 9.13 Å². The lowest BCUT2D eigenvalue weighted by Crippen LogP contribution is -2.23. The van der Waals surface area contributed by atoms with Crippen LogP contribution in [-0.4, -0.2) is 32.0 Å². The van der Waals surface area contributed by atoms with E-state index in [0.29, 0.717) is 22.4 Å². The van der Waals surface area contributed by atoms with Gasteiger partial charge in [-0.2, -0.15) is 8.78 Å². The zero-order chi connectivity index (χ0) is 23.8. The Morgan fingerprint density at radius 2 is 1.81 bits per heavy atom. The zero-order valence-electron chi connectivity index (χ0n) is 16.8. The molecule has 0 bridgehead atoms. The van der Waals surface area contributed by atoms with E-state index in [1.165, 1.54) is 28.4 Å². The summed E-state index contributed by atoms with van der Waals surface area (Å²) in [4.78, 5) is 42.2. The Bertz CT molecular complexity index is 1280. The zero-order valence-corrected chi connectivity index (χ0v) is 19.3. The number of hydrogen-bond donors (Lipinski definition) is 2. The number of esters is 1. The molecule has 1 aromatic heterocycles. The van der Waals surface area contributed by atoms with Crippen molar-refractivity contribution in [3.8, 4) is 11.3 Å². The number of aryl methyl sites for hydroxylation is 1. The average molecular weight is 531 g/mol. The smallest absolute Gasteiger partial charge is 0.399 e. The van der Waals surface area contributed by atoms with E-state index in [2.05, 4.69) is 20.7 Å². The summed E-state index contributed by atoms with van der Waals surface area (Å²) in [6.07, 6.45) is 1.60. The number of hydrogen-bond acceptors (Lipinski definition) is 4. The Labute approximate surface area is 189 Å². The van der Waals surface area contributed by atoms with Crippen molar-refractivity contribution in [2.24, 2.45) is 7.05 Å². The van der Waals surface area contributed by atoms with Gasteiger partial charge in [0.25, 0.3) is 0 Å². The van der Waals surface area contributed by atoms with Crippen LogP contribution in [0.25, 0.3) is 11.3 Å². The van der Waals surface area contributed by atoms with Gasteiger partial charge in [0.05, 0.1) is 24.9 Å². The molecule has 2 N–H and O–H groups in total. The first-order valence-electron chi connectivity index (χ1n) is 9.04. The van der Waals surface area contributed by atoms with Gasteiger partial charge in [0, 0.05) is 23.3 Å². The number of halogens is 3. The van der Waals surface area contributed by atoms with Gasteiger partial charge in [0.2, 0.25) is 0 Å². The van der Waals surface area contributed by atoms with Gasteiger partial charge in [-0.05, 0) is 29.3 Å². The molecule has 0 aliphatic rings. The van der Waals surface area contributed by atoms with E-state index in [-0.39, 0.29) is 16.7 Å². The molecule has 1 heterocycles. The second-order valence-corrected chi connectivity index (χ2v) is 9.47. The third-order valence-corrected chi connectivity index (χ3v) is 6.43. The fraction of sp³-hybridized carbons (Fsp3) is 0.200. The third-order valence-electron chi connectivity index (χ3n) is 4.81. The monoisotopic (exact) mass is 530 g/mol. The van der Waals surface area contributed by atoms with Gasteiger partial charge in [0.15, 0.2) is 0 Å². The number of carbonyl (C=O) groups is 1. The molecular weight excluding hydrogens is 513 g/mol. The Kier molecular flexibility index (Phi) is 6.57. The molecule has 0 amide bonds. The van der Waals surface area contributed by atoms with Crippen molar-refractivity contribution < 1.29 is 32.7 Å². The maximum absolute atomic E-state index is 14.1. The summed E-state index contributed by atoms with van der Waals surface area (Å²) in [5.41, 5.74) is -3.63. The van der Waals surface area contributed by atoms with Gasteiger partial charge in [-0.1, -0.05) is 40.2 Å². The predicted octanol–water partition coefficient (Wildman–Crippen LogP) is 3.68. The lowest BCUT2D eigenvalue weighted by Gasteiger charge is -2.19. The second kappa shape index (κ2) is 8.74. The van der Waals surface area contributed by atoms with Crippen LogP contribution in [0.2, 0.25) is 0 Å².